The average Bonchev–Trinajstić information content (AvgIpc) is 3.04. The number of hydrogen-bond donors (Lipinski definition) is 1. The third-order valence-corrected chi connectivity index (χ3v) is 5.95. The molecule has 0 unspecified atom stereocenters. The normalized spacial score (nSPS) is 14.3. The molecule has 166 valence electrons. The maximum absolute atomic E-state index is 12.9. The lowest BCUT2D eigenvalue weighted by molar-refractivity contribution is 0.327. The first kappa shape index (κ1) is 20.8. The fourth-order valence-corrected chi connectivity index (χ4v) is 4.02. The first-order chi connectivity index (χ1) is 14.9. The van der Waals surface area contributed by atoms with E-state index in [1.807, 2.05) is 14.0 Å². The first-order valence-corrected chi connectivity index (χ1v) is 10.1. The molecule has 1 fully saturated rings. The molecule has 1 aliphatic heterocycles. The van der Waals surface area contributed by atoms with E-state index in [0.717, 1.165) is 30.4 Å². The summed E-state index contributed by atoms with van der Waals surface area (Å²) in [6.45, 7) is 7.08. The van der Waals surface area contributed by atoms with Gasteiger partial charge in [0.15, 0.2) is 11.5 Å². The van der Waals surface area contributed by atoms with E-state index in [1.54, 1.807) is 13.2 Å². The summed E-state index contributed by atoms with van der Waals surface area (Å²) in [5.41, 5.74) is 2.41. The smallest absolute Gasteiger partial charge is 0.286 e. The van der Waals surface area contributed by atoms with Crippen LogP contribution in [0.15, 0.2) is 10.9 Å². The van der Waals surface area contributed by atoms with Crippen molar-refractivity contribution >= 4 is 22.8 Å². The predicted octanol–water partition coefficient (Wildman–Crippen LogP) is 1.63. The number of nitrogens with one attached hydrogen (secondary N) is 1. The number of aromatic amines is 1. The predicted molar refractivity (Wildman–Crippen MR) is 119 cm³/mol. The van der Waals surface area contributed by atoms with Gasteiger partial charge in [-0.2, -0.15) is 4.98 Å². The maximum Gasteiger partial charge on any atom is 0.286 e. The molecule has 10 nitrogen and oxygen atoms in total. The number of methoxy groups -OCH3 is 3. The SMILES string of the molecule is COc1cc2[nH]c(N3CCN(c4nc(C)c(C)n4C)CC3)nc(=O)c2c(OC)c1OC. The molecule has 1 saturated heterocycles. The van der Waals surface area contributed by atoms with Gasteiger partial charge in [-0.15, -0.1) is 0 Å². The molecule has 0 aliphatic carbocycles. The molecule has 0 radical (unpaired) electrons. The van der Waals surface area contributed by atoms with Crippen LogP contribution >= 0.6 is 0 Å². The largest absolute Gasteiger partial charge is 0.493 e. The van der Waals surface area contributed by atoms with E-state index in [1.165, 1.54) is 14.2 Å². The molecule has 0 amide bonds. The van der Waals surface area contributed by atoms with E-state index in [2.05, 4.69) is 31.3 Å². The van der Waals surface area contributed by atoms with Crippen molar-refractivity contribution in [1.82, 2.24) is 19.5 Å². The van der Waals surface area contributed by atoms with Crippen LogP contribution in [0.5, 0.6) is 17.2 Å². The van der Waals surface area contributed by atoms with Crippen molar-refractivity contribution in [1.29, 1.82) is 0 Å². The number of ether oxygens (including phenoxy) is 3. The summed E-state index contributed by atoms with van der Waals surface area (Å²) in [5.74, 6) is 2.65. The van der Waals surface area contributed by atoms with Crippen LogP contribution in [0.25, 0.3) is 10.9 Å². The minimum absolute atomic E-state index is 0.308. The summed E-state index contributed by atoms with van der Waals surface area (Å²) in [4.78, 5) is 29.5. The lowest BCUT2D eigenvalue weighted by Crippen LogP contribution is -2.48. The number of rotatable bonds is 5. The molecule has 10 heteroatoms. The van der Waals surface area contributed by atoms with Gasteiger partial charge in [0.1, 0.15) is 5.39 Å². The van der Waals surface area contributed by atoms with Crippen LogP contribution in [0.1, 0.15) is 11.4 Å². The molecule has 3 heterocycles. The molecule has 0 saturated carbocycles. The minimum atomic E-state index is -0.376. The van der Waals surface area contributed by atoms with E-state index < -0.39 is 0 Å². The third-order valence-electron chi connectivity index (χ3n) is 5.95. The summed E-state index contributed by atoms with van der Waals surface area (Å²) in [7, 11) is 6.58. The summed E-state index contributed by atoms with van der Waals surface area (Å²) in [6, 6.07) is 1.74. The van der Waals surface area contributed by atoms with Crippen molar-refractivity contribution < 1.29 is 14.2 Å². The van der Waals surface area contributed by atoms with E-state index in [0.29, 0.717) is 47.2 Å². The number of aryl methyl sites for hydroxylation is 1. The van der Waals surface area contributed by atoms with Crippen LogP contribution in [0, 0.1) is 13.8 Å². The lowest BCUT2D eigenvalue weighted by Gasteiger charge is -2.35. The van der Waals surface area contributed by atoms with Crippen LogP contribution in [0.3, 0.4) is 0 Å². The number of fused-ring (bicyclic) bond motifs is 1. The Balaban J connectivity index is 1.65. The Labute approximate surface area is 180 Å². The van der Waals surface area contributed by atoms with Gasteiger partial charge in [0.2, 0.25) is 17.6 Å². The highest BCUT2D eigenvalue weighted by Crippen LogP contribution is 2.41. The lowest BCUT2D eigenvalue weighted by atomic mass is 10.2. The third kappa shape index (κ3) is 3.41. The van der Waals surface area contributed by atoms with Crippen molar-refractivity contribution in [2.24, 2.45) is 7.05 Å². The summed E-state index contributed by atoms with van der Waals surface area (Å²) in [5, 5.41) is 0.335. The second kappa shape index (κ2) is 8.01. The van der Waals surface area contributed by atoms with Crippen LogP contribution in [-0.4, -0.2) is 67.0 Å². The number of piperazine rings is 1. The zero-order valence-corrected chi connectivity index (χ0v) is 18.8. The number of benzene rings is 1. The molecule has 0 spiro atoms. The number of nitrogens with zero attached hydrogens (tertiary/aromatic N) is 5. The van der Waals surface area contributed by atoms with Gasteiger partial charge in [0.25, 0.3) is 5.56 Å². The maximum atomic E-state index is 12.9. The Kier molecular flexibility index (Phi) is 5.38. The topological polar surface area (TPSA) is 97.7 Å². The number of hydrogen-bond acceptors (Lipinski definition) is 8. The van der Waals surface area contributed by atoms with Gasteiger partial charge in [0, 0.05) is 45.0 Å². The molecule has 1 N–H and O–H groups in total. The van der Waals surface area contributed by atoms with Crippen LogP contribution in [-0.2, 0) is 7.05 Å². The number of anilines is 2. The van der Waals surface area contributed by atoms with Crippen LogP contribution < -0.4 is 29.6 Å². The Morgan fingerprint density at radius 1 is 0.935 bits per heavy atom. The number of imidazole rings is 1. The van der Waals surface area contributed by atoms with Crippen molar-refractivity contribution in [2.75, 3.05) is 57.3 Å². The van der Waals surface area contributed by atoms with Gasteiger partial charge < -0.3 is 33.6 Å². The highest BCUT2D eigenvalue weighted by Gasteiger charge is 2.25. The van der Waals surface area contributed by atoms with Crippen LogP contribution in [0.2, 0.25) is 0 Å². The Bertz CT molecular complexity index is 1180. The average molecular weight is 428 g/mol. The van der Waals surface area contributed by atoms with Gasteiger partial charge in [-0.3, -0.25) is 4.79 Å². The monoisotopic (exact) mass is 428 g/mol. The fourth-order valence-electron chi connectivity index (χ4n) is 4.02. The molecule has 0 bridgehead atoms. The van der Waals surface area contributed by atoms with Gasteiger partial charge >= 0.3 is 0 Å². The van der Waals surface area contributed by atoms with Gasteiger partial charge in [-0.1, -0.05) is 0 Å². The number of H-pyrrole nitrogens is 1. The molecule has 3 aromatic rings. The zero-order chi connectivity index (χ0) is 22.3. The van der Waals surface area contributed by atoms with Crippen molar-refractivity contribution in [3.8, 4) is 17.2 Å². The van der Waals surface area contributed by atoms with Crippen LogP contribution in [0.4, 0.5) is 11.9 Å². The molecule has 4 rings (SSSR count). The van der Waals surface area contributed by atoms with Gasteiger partial charge in [-0.05, 0) is 13.8 Å². The highest BCUT2D eigenvalue weighted by atomic mass is 16.5. The molecule has 31 heavy (non-hydrogen) atoms. The van der Waals surface area contributed by atoms with Gasteiger partial charge in [0.05, 0.1) is 32.5 Å². The number of aromatic nitrogens is 4. The molecule has 0 atom stereocenters. The quantitative estimate of drug-likeness (QED) is 0.655. The van der Waals surface area contributed by atoms with Gasteiger partial charge in [-0.25, -0.2) is 4.98 Å². The summed E-state index contributed by atoms with van der Waals surface area (Å²) in [6.07, 6.45) is 0. The first-order valence-electron chi connectivity index (χ1n) is 10.1. The Hall–Kier alpha value is -3.43. The Morgan fingerprint density at radius 3 is 2.13 bits per heavy atom. The summed E-state index contributed by atoms with van der Waals surface area (Å²) >= 11 is 0. The fraction of sp³-hybridized carbons (Fsp3) is 0.476. The molecular weight excluding hydrogens is 400 g/mol. The Morgan fingerprint density at radius 2 is 1.58 bits per heavy atom. The van der Waals surface area contributed by atoms with E-state index >= 15 is 0 Å². The zero-order valence-electron chi connectivity index (χ0n) is 18.8. The second-order valence-electron chi connectivity index (χ2n) is 7.55. The van der Waals surface area contributed by atoms with E-state index in [-0.39, 0.29) is 5.56 Å². The minimum Gasteiger partial charge on any atom is -0.493 e. The molecular formula is C21H28N6O4. The molecule has 1 aromatic carbocycles. The summed E-state index contributed by atoms with van der Waals surface area (Å²) < 4.78 is 18.4. The van der Waals surface area contributed by atoms with E-state index in [9.17, 15) is 4.79 Å². The standard InChI is InChI=1S/C21H28N6O4/c1-12-13(2)25(3)21(22-12)27-9-7-26(8-10-27)20-23-14-11-15(29-4)17(30-5)18(31-6)16(14)19(28)24-20/h11H,7-10H2,1-6H3,(H,23,24,28). The van der Waals surface area contributed by atoms with Crippen molar-refractivity contribution in [3.05, 3.63) is 27.8 Å². The van der Waals surface area contributed by atoms with Crippen molar-refractivity contribution in [3.63, 3.8) is 0 Å². The highest BCUT2D eigenvalue weighted by molar-refractivity contribution is 5.90. The second-order valence-corrected chi connectivity index (χ2v) is 7.55. The molecule has 2 aromatic heterocycles. The van der Waals surface area contributed by atoms with Crippen molar-refractivity contribution in [2.45, 2.75) is 13.8 Å². The van der Waals surface area contributed by atoms with E-state index in [4.69, 9.17) is 19.2 Å². The molecule has 1 aliphatic rings.